The molecule has 0 saturated heterocycles. The van der Waals surface area contributed by atoms with Crippen LogP contribution in [-0.4, -0.2) is 17.5 Å². The van der Waals surface area contributed by atoms with E-state index in [9.17, 15) is 4.79 Å². The fourth-order valence-corrected chi connectivity index (χ4v) is 4.04. The number of amides is 1. The number of fused-ring (bicyclic) bond motifs is 1. The van der Waals surface area contributed by atoms with Gasteiger partial charge in [0, 0.05) is 22.5 Å². The van der Waals surface area contributed by atoms with E-state index in [2.05, 4.69) is 48.8 Å². The smallest absolute Gasteiger partial charge is 0.224 e. The van der Waals surface area contributed by atoms with Gasteiger partial charge in [-0.25, -0.2) is 0 Å². The molecule has 4 nitrogen and oxygen atoms in total. The van der Waals surface area contributed by atoms with E-state index in [1.165, 1.54) is 0 Å². The maximum absolute atomic E-state index is 12.2. The van der Waals surface area contributed by atoms with Crippen LogP contribution in [0.25, 0.3) is 10.9 Å². The van der Waals surface area contributed by atoms with Gasteiger partial charge in [-0.1, -0.05) is 34.1 Å². The number of carbonyl (C=O) groups is 1. The highest BCUT2D eigenvalue weighted by molar-refractivity contribution is 14.1. The minimum Gasteiger partial charge on any atom is -0.492 e. The molecule has 26 heavy (non-hydrogen) atoms. The van der Waals surface area contributed by atoms with Crippen molar-refractivity contribution in [2.24, 2.45) is 0 Å². The molecule has 1 aromatic heterocycles. The molecule has 0 atom stereocenters. The van der Waals surface area contributed by atoms with Crippen molar-refractivity contribution in [1.29, 1.82) is 0 Å². The normalized spacial score (nSPS) is 10.7. The summed E-state index contributed by atoms with van der Waals surface area (Å²) in [7, 11) is 0. The van der Waals surface area contributed by atoms with Crippen LogP contribution in [0.2, 0.25) is 0 Å². The van der Waals surface area contributed by atoms with Crippen LogP contribution in [0.15, 0.2) is 59.2 Å². The van der Waals surface area contributed by atoms with Crippen LogP contribution in [0.5, 0.6) is 5.75 Å². The molecule has 1 amide bonds. The van der Waals surface area contributed by atoms with Crippen molar-refractivity contribution in [3.8, 4) is 5.75 Å². The highest BCUT2D eigenvalue weighted by atomic mass is 127. The Bertz CT molecular complexity index is 912. The molecule has 0 unspecified atom stereocenters. The van der Waals surface area contributed by atoms with Crippen LogP contribution in [-0.2, 0) is 4.79 Å². The zero-order valence-corrected chi connectivity index (χ0v) is 17.8. The molecule has 0 aliphatic heterocycles. The number of anilines is 1. The molecule has 3 aromatic rings. The van der Waals surface area contributed by atoms with Crippen LogP contribution >= 0.6 is 38.5 Å². The van der Waals surface area contributed by atoms with Gasteiger partial charge in [-0.3, -0.25) is 9.78 Å². The third-order valence-corrected chi connectivity index (χ3v) is 5.19. The summed E-state index contributed by atoms with van der Waals surface area (Å²) in [5, 5.41) is 3.98. The number of carbonyl (C=O) groups excluding carboxylic acids is 1. The topological polar surface area (TPSA) is 51.2 Å². The van der Waals surface area contributed by atoms with E-state index in [1.807, 2.05) is 48.5 Å². The summed E-state index contributed by atoms with van der Waals surface area (Å²) in [5.74, 6) is 0.876. The molecule has 6 heteroatoms. The lowest BCUT2D eigenvalue weighted by Gasteiger charge is -2.09. The van der Waals surface area contributed by atoms with Gasteiger partial charge in [0.2, 0.25) is 5.91 Å². The number of halogens is 2. The zero-order chi connectivity index (χ0) is 18.4. The number of pyridine rings is 1. The van der Waals surface area contributed by atoms with Crippen molar-refractivity contribution >= 4 is 61.0 Å². The van der Waals surface area contributed by atoms with Gasteiger partial charge in [-0.05, 0) is 65.8 Å². The van der Waals surface area contributed by atoms with E-state index in [0.717, 1.165) is 43.2 Å². The van der Waals surface area contributed by atoms with Gasteiger partial charge < -0.3 is 10.1 Å². The molecule has 0 aliphatic carbocycles. The van der Waals surface area contributed by atoms with Gasteiger partial charge in [-0.15, -0.1) is 0 Å². The quantitative estimate of drug-likeness (QED) is 0.314. The molecule has 134 valence electrons. The molecule has 0 fully saturated rings. The highest BCUT2D eigenvalue weighted by Crippen LogP contribution is 2.25. The number of hydrogen-bond acceptors (Lipinski definition) is 3. The molecule has 1 N–H and O–H groups in total. The molecule has 0 radical (unpaired) electrons. The predicted molar refractivity (Wildman–Crippen MR) is 117 cm³/mol. The van der Waals surface area contributed by atoms with Crippen LogP contribution in [0.4, 0.5) is 5.69 Å². The Balaban J connectivity index is 1.44. The molecule has 1 heterocycles. The lowest BCUT2D eigenvalue weighted by molar-refractivity contribution is -0.116. The van der Waals surface area contributed by atoms with E-state index in [1.54, 1.807) is 6.20 Å². The molecule has 0 saturated carbocycles. The van der Waals surface area contributed by atoms with Crippen LogP contribution < -0.4 is 10.1 Å². The van der Waals surface area contributed by atoms with E-state index in [4.69, 9.17) is 4.74 Å². The summed E-state index contributed by atoms with van der Waals surface area (Å²) in [6.07, 6.45) is 3.80. The van der Waals surface area contributed by atoms with Gasteiger partial charge in [0.05, 0.1) is 21.4 Å². The van der Waals surface area contributed by atoms with Crippen LogP contribution in [0.1, 0.15) is 19.3 Å². The fraction of sp³-hybridized carbons (Fsp3) is 0.200. The number of rotatable bonds is 7. The second kappa shape index (κ2) is 9.32. The second-order valence-corrected chi connectivity index (χ2v) is 7.89. The average Bonchev–Trinajstić information content (AvgIpc) is 2.63. The summed E-state index contributed by atoms with van der Waals surface area (Å²) >= 11 is 5.69. The van der Waals surface area contributed by atoms with E-state index >= 15 is 0 Å². The summed E-state index contributed by atoms with van der Waals surface area (Å²) in [5.41, 5.74) is 1.57. The number of nitrogens with one attached hydrogen (secondary N) is 1. The third kappa shape index (κ3) is 5.17. The Hall–Kier alpha value is -1.67. The summed E-state index contributed by atoms with van der Waals surface area (Å²) < 4.78 is 7.88. The number of para-hydroxylation sites is 1. The number of unbranched alkanes of at least 4 members (excludes halogenated alkanes) is 1. The number of benzene rings is 2. The van der Waals surface area contributed by atoms with E-state index in [-0.39, 0.29) is 5.91 Å². The number of nitrogens with zero attached hydrogens (tertiary/aromatic N) is 1. The minimum absolute atomic E-state index is 0.00127. The van der Waals surface area contributed by atoms with E-state index in [0.29, 0.717) is 13.0 Å². The van der Waals surface area contributed by atoms with Crippen molar-refractivity contribution < 1.29 is 9.53 Å². The maximum atomic E-state index is 12.2. The van der Waals surface area contributed by atoms with Crippen molar-refractivity contribution in [2.75, 3.05) is 11.9 Å². The third-order valence-electron chi connectivity index (χ3n) is 3.86. The van der Waals surface area contributed by atoms with Gasteiger partial charge in [-0.2, -0.15) is 0 Å². The first-order valence-electron chi connectivity index (χ1n) is 8.35. The Kier molecular flexibility index (Phi) is 6.85. The van der Waals surface area contributed by atoms with Crippen molar-refractivity contribution in [2.45, 2.75) is 19.3 Å². The molecule has 0 spiro atoms. The molecule has 2 aromatic carbocycles. The first-order chi connectivity index (χ1) is 12.6. The highest BCUT2D eigenvalue weighted by Gasteiger charge is 2.07. The summed E-state index contributed by atoms with van der Waals surface area (Å²) in [6, 6.07) is 15.6. The van der Waals surface area contributed by atoms with Crippen molar-refractivity contribution in [3.63, 3.8) is 0 Å². The van der Waals surface area contributed by atoms with Crippen molar-refractivity contribution in [1.82, 2.24) is 4.98 Å². The molecular weight excluding hydrogens is 507 g/mol. The predicted octanol–water partition coefficient (Wildman–Crippen LogP) is 5.79. The van der Waals surface area contributed by atoms with Crippen molar-refractivity contribution in [3.05, 3.63) is 62.8 Å². The number of ether oxygens (including phenoxy) is 1. The van der Waals surface area contributed by atoms with Crippen LogP contribution in [0, 0.1) is 3.57 Å². The van der Waals surface area contributed by atoms with Gasteiger partial charge in [0.15, 0.2) is 0 Å². The lowest BCUT2D eigenvalue weighted by atomic mass is 10.2. The Morgan fingerprint density at radius 1 is 1.15 bits per heavy atom. The SMILES string of the molecule is O=C(CCCCOc1ccc(Br)cc1I)Nc1cccc2cccnc12. The Morgan fingerprint density at radius 3 is 2.85 bits per heavy atom. The number of hydrogen-bond donors (Lipinski definition) is 1. The number of aromatic nitrogens is 1. The van der Waals surface area contributed by atoms with Crippen LogP contribution in [0.3, 0.4) is 0 Å². The molecule has 0 aliphatic rings. The Morgan fingerprint density at radius 2 is 2.00 bits per heavy atom. The molecular formula is C20H18BrIN2O2. The van der Waals surface area contributed by atoms with E-state index < -0.39 is 0 Å². The first-order valence-corrected chi connectivity index (χ1v) is 10.2. The Labute approximate surface area is 174 Å². The summed E-state index contributed by atoms with van der Waals surface area (Å²) in [6.45, 7) is 0.598. The van der Waals surface area contributed by atoms with Gasteiger partial charge in [0.1, 0.15) is 5.75 Å². The minimum atomic E-state index is 0.00127. The molecule has 0 bridgehead atoms. The summed E-state index contributed by atoms with van der Waals surface area (Å²) in [4.78, 5) is 16.5. The molecule has 3 rings (SSSR count). The zero-order valence-electron chi connectivity index (χ0n) is 14.0. The standard InChI is InChI=1S/C20H18BrIN2O2/c21-15-9-10-18(16(22)13-15)26-12-2-1-8-19(25)24-17-7-3-5-14-6-4-11-23-20(14)17/h3-7,9-11,13H,1-2,8,12H2,(H,24,25). The largest absolute Gasteiger partial charge is 0.492 e. The average molecular weight is 525 g/mol. The lowest BCUT2D eigenvalue weighted by Crippen LogP contribution is -2.12. The van der Waals surface area contributed by atoms with Gasteiger partial charge >= 0.3 is 0 Å². The monoisotopic (exact) mass is 524 g/mol. The van der Waals surface area contributed by atoms with Gasteiger partial charge in [0.25, 0.3) is 0 Å². The second-order valence-electron chi connectivity index (χ2n) is 5.81. The maximum Gasteiger partial charge on any atom is 0.224 e. The fourth-order valence-electron chi connectivity index (χ4n) is 2.58. The first kappa shape index (κ1) is 19.1.